The molecule has 3 rings (SSSR count). The van der Waals surface area contributed by atoms with E-state index in [9.17, 15) is 18.0 Å². The number of rotatable bonds is 6. The summed E-state index contributed by atoms with van der Waals surface area (Å²) in [5, 5.41) is 3.24. The van der Waals surface area contributed by atoms with E-state index in [1.165, 1.54) is 24.3 Å². The summed E-state index contributed by atoms with van der Waals surface area (Å²) in [6.07, 6.45) is 1.09. The largest absolute Gasteiger partial charge is 0.497 e. The number of nitrogens with one attached hydrogen (secondary N) is 1. The van der Waals surface area contributed by atoms with E-state index < -0.39 is 28.3 Å². The van der Waals surface area contributed by atoms with Crippen molar-refractivity contribution >= 4 is 38.4 Å². The van der Waals surface area contributed by atoms with Gasteiger partial charge in [-0.2, -0.15) is 0 Å². The third-order valence-corrected chi connectivity index (χ3v) is 5.36. The van der Waals surface area contributed by atoms with Crippen LogP contribution in [0.2, 0.25) is 0 Å². The lowest BCUT2D eigenvalue weighted by molar-refractivity contribution is -0.119. The van der Waals surface area contributed by atoms with Crippen LogP contribution in [0, 0.1) is 6.92 Å². The highest BCUT2D eigenvalue weighted by Gasteiger charge is 2.20. The van der Waals surface area contributed by atoms with Crippen LogP contribution in [0.1, 0.15) is 16.1 Å². The molecule has 0 saturated carbocycles. The number of fused-ring (bicyclic) bond motifs is 1. The molecule has 0 saturated heterocycles. The monoisotopic (exact) mass is 417 g/mol. The number of carbonyl (C=O) groups excluding carboxylic acids is 2. The first-order valence-electron chi connectivity index (χ1n) is 8.53. The first kappa shape index (κ1) is 20.4. The van der Waals surface area contributed by atoms with Crippen LogP contribution in [-0.4, -0.2) is 40.3 Å². The Morgan fingerprint density at radius 2 is 1.79 bits per heavy atom. The van der Waals surface area contributed by atoms with E-state index in [0.717, 1.165) is 6.26 Å². The Morgan fingerprint density at radius 3 is 2.41 bits per heavy atom. The van der Waals surface area contributed by atoms with Crippen LogP contribution < -0.4 is 10.1 Å². The Hall–Kier alpha value is -3.33. The summed E-state index contributed by atoms with van der Waals surface area (Å²) in [5.74, 6) is -0.692. The number of hydrogen-bond donors (Lipinski definition) is 1. The van der Waals surface area contributed by atoms with E-state index in [2.05, 4.69) is 5.32 Å². The standard InChI is InChI=1S/C20H19NO7S/c1-12-16-10-14(26-2)6-9-17(16)28-19(12)20(23)27-11-18(22)21-13-4-7-15(8-5-13)29(3,24)25/h4-10H,11H2,1-3H3,(H,21,22). The van der Waals surface area contributed by atoms with Gasteiger partial charge in [-0.05, 0) is 49.4 Å². The van der Waals surface area contributed by atoms with Crippen molar-refractivity contribution < 1.29 is 31.9 Å². The number of ether oxygens (including phenoxy) is 2. The van der Waals surface area contributed by atoms with Crippen molar-refractivity contribution in [3.63, 3.8) is 0 Å². The summed E-state index contributed by atoms with van der Waals surface area (Å²) < 4.78 is 38.6. The summed E-state index contributed by atoms with van der Waals surface area (Å²) in [7, 11) is -1.78. The molecule has 1 N–H and O–H groups in total. The van der Waals surface area contributed by atoms with Crippen molar-refractivity contribution in [1.82, 2.24) is 0 Å². The van der Waals surface area contributed by atoms with Gasteiger partial charge >= 0.3 is 5.97 Å². The zero-order chi connectivity index (χ0) is 21.2. The van der Waals surface area contributed by atoms with Crippen LogP contribution in [0.25, 0.3) is 11.0 Å². The summed E-state index contributed by atoms with van der Waals surface area (Å²) in [4.78, 5) is 24.5. The molecule has 8 nitrogen and oxygen atoms in total. The molecule has 2 aromatic carbocycles. The Morgan fingerprint density at radius 1 is 1.10 bits per heavy atom. The molecule has 3 aromatic rings. The molecule has 1 heterocycles. The Kier molecular flexibility index (Phi) is 5.60. The van der Waals surface area contributed by atoms with Gasteiger partial charge in [0.1, 0.15) is 11.3 Å². The zero-order valence-corrected chi connectivity index (χ0v) is 16.8. The maximum absolute atomic E-state index is 12.3. The van der Waals surface area contributed by atoms with E-state index in [1.807, 2.05) is 0 Å². The quantitative estimate of drug-likeness (QED) is 0.614. The molecule has 0 bridgehead atoms. The van der Waals surface area contributed by atoms with Crippen molar-refractivity contribution in [2.24, 2.45) is 0 Å². The highest BCUT2D eigenvalue weighted by Crippen LogP contribution is 2.29. The van der Waals surface area contributed by atoms with Crippen molar-refractivity contribution in [3.8, 4) is 5.75 Å². The number of aryl methyl sites for hydroxylation is 1. The van der Waals surface area contributed by atoms with E-state index in [4.69, 9.17) is 13.9 Å². The van der Waals surface area contributed by atoms with E-state index in [-0.39, 0.29) is 10.7 Å². The first-order valence-corrected chi connectivity index (χ1v) is 10.4. The second kappa shape index (κ2) is 7.96. The number of methoxy groups -OCH3 is 1. The fourth-order valence-electron chi connectivity index (χ4n) is 2.70. The minimum Gasteiger partial charge on any atom is -0.497 e. The van der Waals surface area contributed by atoms with Crippen LogP contribution in [0.3, 0.4) is 0 Å². The van der Waals surface area contributed by atoms with Gasteiger partial charge in [0, 0.05) is 22.9 Å². The lowest BCUT2D eigenvalue weighted by Gasteiger charge is -2.07. The van der Waals surface area contributed by atoms with Gasteiger partial charge in [-0.1, -0.05) is 0 Å². The molecule has 0 unspecified atom stereocenters. The second-order valence-electron chi connectivity index (χ2n) is 6.34. The van der Waals surface area contributed by atoms with Gasteiger partial charge < -0.3 is 19.2 Å². The van der Waals surface area contributed by atoms with Gasteiger partial charge in [0.25, 0.3) is 5.91 Å². The van der Waals surface area contributed by atoms with Crippen molar-refractivity contribution in [2.75, 3.05) is 25.3 Å². The van der Waals surface area contributed by atoms with Crippen LogP contribution >= 0.6 is 0 Å². The van der Waals surface area contributed by atoms with Crippen LogP contribution in [0.4, 0.5) is 5.69 Å². The van der Waals surface area contributed by atoms with Gasteiger partial charge in [0.2, 0.25) is 5.76 Å². The minimum absolute atomic E-state index is 0.0126. The normalized spacial score (nSPS) is 11.3. The number of esters is 1. The van der Waals surface area contributed by atoms with Gasteiger partial charge in [-0.25, -0.2) is 13.2 Å². The molecule has 0 radical (unpaired) electrons. The average molecular weight is 417 g/mol. The van der Waals surface area contributed by atoms with E-state index in [0.29, 0.717) is 28.0 Å². The van der Waals surface area contributed by atoms with E-state index in [1.54, 1.807) is 32.2 Å². The van der Waals surface area contributed by atoms with Gasteiger partial charge in [-0.15, -0.1) is 0 Å². The molecule has 0 atom stereocenters. The van der Waals surface area contributed by atoms with Crippen LogP contribution in [0.15, 0.2) is 51.8 Å². The molecule has 152 valence electrons. The predicted molar refractivity (Wildman–Crippen MR) is 106 cm³/mol. The maximum atomic E-state index is 12.3. The third-order valence-electron chi connectivity index (χ3n) is 4.23. The fourth-order valence-corrected chi connectivity index (χ4v) is 3.33. The molecule has 0 aliphatic heterocycles. The molecule has 0 fully saturated rings. The molecular formula is C20H19NO7S. The number of benzene rings is 2. The number of amides is 1. The fraction of sp³-hybridized carbons (Fsp3) is 0.200. The molecule has 0 spiro atoms. The van der Waals surface area contributed by atoms with Crippen molar-refractivity contribution in [1.29, 1.82) is 0 Å². The second-order valence-corrected chi connectivity index (χ2v) is 8.35. The Balaban J connectivity index is 1.64. The third kappa shape index (κ3) is 4.57. The van der Waals surface area contributed by atoms with Crippen LogP contribution in [0.5, 0.6) is 5.75 Å². The number of sulfone groups is 1. The molecule has 1 aromatic heterocycles. The highest BCUT2D eigenvalue weighted by molar-refractivity contribution is 7.90. The summed E-state index contributed by atoms with van der Waals surface area (Å²) >= 11 is 0. The van der Waals surface area contributed by atoms with Gasteiger partial charge in [0.05, 0.1) is 12.0 Å². The van der Waals surface area contributed by atoms with Crippen molar-refractivity contribution in [3.05, 3.63) is 53.8 Å². The number of carbonyl (C=O) groups is 2. The van der Waals surface area contributed by atoms with E-state index >= 15 is 0 Å². The lowest BCUT2D eigenvalue weighted by Crippen LogP contribution is -2.21. The SMILES string of the molecule is COc1ccc2oc(C(=O)OCC(=O)Nc3ccc(S(C)(=O)=O)cc3)c(C)c2c1. The number of anilines is 1. The number of furan rings is 1. The molecular weight excluding hydrogens is 398 g/mol. The average Bonchev–Trinajstić information content (AvgIpc) is 3.02. The first-order chi connectivity index (χ1) is 13.7. The Bertz CT molecular complexity index is 1180. The Labute approximate surface area is 167 Å². The number of hydrogen-bond acceptors (Lipinski definition) is 7. The summed E-state index contributed by atoms with van der Waals surface area (Å²) in [6.45, 7) is 1.19. The minimum atomic E-state index is -3.32. The predicted octanol–water partition coefficient (Wildman–Crippen LogP) is 2.95. The molecule has 1 amide bonds. The molecule has 0 aliphatic carbocycles. The topological polar surface area (TPSA) is 112 Å². The summed E-state index contributed by atoms with van der Waals surface area (Å²) in [6, 6.07) is 10.8. The summed E-state index contributed by atoms with van der Waals surface area (Å²) in [5.41, 5.74) is 1.47. The van der Waals surface area contributed by atoms with Crippen LogP contribution in [-0.2, 0) is 19.4 Å². The smallest absolute Gasteiger partial charge is 0.375 e. The highest BCUT2D eigenvalue weighted by atomic mass is 32.2. The zero-order valence-electron chi connectivity index (χ0n) is 16.0. The molecule has 29 heavy (non-hydrogen) atoms. The van der Waals surface area contributed by atoms with Crippen molar-refractivity contribution in [2.45, 2.75) is 11.8 Å². The maximum Gasteiger partial charge on any atom is 0.375 e. The van der Waals surface area contributed by atoms with Gasteiger partial charge in [-0.3, -0.25) is 4.79 Å². The van der Waals surface area contributed by atoms with Gasteiger partial charge in [0.15, 0.2) is 16.4 Å². The molecule has 0 aliphatic rings. The lowest BCUT2D eigenvalue weighted by atomic mass is 10.1. The molecule has 9 heteroatoms.